The van der Waals surface area contributed by atoms with Gasteiger partial charge in [-0.25, -0.2) is 4.39 Å². The average Bonchev–Trinajstić information content (AvgIpc) is 2.29. The molecule has 0 bridgehead atoms. The molecule has 0 aromatic heterocycles. The van der Waals surface area contributed by atoms with Crippen LogP contribution in [0.2, 0.25) is 0 Å². The Bertz CT molecular complexity index is 393. The molecule has 1 aromatic carbocycles. The molecule has 0 fully saturated rings. The minimum absolute atomic E-state index is 0.351. The highest BCUT2D eigenvalue weighted by atomic mass is 35.5. The summed E-state index contributed by atoms with van der Waals surface area (Å²) >= 11 is 5.47. The molecule has 0 aliphatic rings. The zero-order chi connectivity index (χ0) is 11.8. The van der Waals surface area contributed by atoms with Crippen molar-refractivity contribution in [3.05, 3.63) is 29.6 Å². The molecular formula is C13H14ClFO. The van der Waals surface area contributed by atoms with E-state index in [1.807, 2.05) is 6.92 Å². The first-order valence-corrected chi connectivity index (χ1v) is 5.78. The van der Waals surface area contributed by atoms with Gasteiger partial charge in [-0.2, -0.15) is 0 Å². The van der Waals surface area contributed by atoms with Crippen LogP contribution < -0.4 is 4.74 Å². The minimum atomic E-state index is -0.351. The third kappa shape index (κ3) is 4.12. The van der Waals surface area contributed by atoms with Crippen molar-refractivity contribution in [1.29, 1.82) is 0 Å². The Morgan fingerprint density at radius 3 is 2.88 bits per heavy atom. The molecule has 0 radical (unpaired) electrons. The first-order chi connectivity index (χ1) is 7.77. The van der Waals surface area contributed by atoms with Gasteiger partial charge in [-0.15, -0.1) is 11.6 Å². The molecular weight excluding hydrogens is 227 g/mol. The van der Waals surface area contributed by atoms with Crippen LogP contribution in [-0.4, -0.2) is 12.5 Å². The van der Waals surface area contributed by atoms with Crippen LogP contribution in [-0.2, 0) is 0 Å². The molecule has 0 saturated heterocycles. The molecule has 0 aliphatic carbocycles. The second-order valence-corrected chi connectivity index (χ2v) is 3.61. The highest BCUT2D eigenvalue weighted by Crippen LogP contribution is 2.16. The van der Waals surface area contributed by atoms with Crippen LogP contribution in [0.1, 0.15) is 25.3 Å². The molecule has 1 nitrogen and oxygen atoms in total. The Balaban J connectivity index is 2.72. The molecule has 3 heteroatoms. The number of hydrogen-bond donors (Lipinski definition) is 0. The van der Waals surface area contributed by atoms with Gasteiger partial charge < -0.3 is 4.74 Å². The summed E-state index contributed by atoms with van der Waals surface area (Å²) < 4.78 is 18.8. The Morgan fingerprint density at radius 1 is 1.44 bits per heavy atom. The van der Waals surface area contributed by atoms with E-state index in [1.54, 1.807) is 12.1 Å². The molecule has 1 rings (SSSR count). The van der Waals surface area contributed by atoms with E-state index >= 15 is 0 Å². The van der Waals surface area contributed by atoms with Gasteiger partial charge in [0.15, 0.2) is 0 Å². The van der Waals surface area contributed by atoms with Crippen molar-refractivity contribution in [3.63, 3.8) is 0 Å². The smallest absolute Gasteiger partial charge is 0.142 e. The molecule has 0 aliphatic heterocycles. The summed E-state index contributed by atoms with van der Waals surface area (Å²) in [5.74, 6) is 6.18. The lowest BCUT2D eigenvalue weighted by Crippen LogP contribution is -1.96. The summed E-state index contributed by atoms with van der Waals surface area (Å²) in [6.07, 6.45) is 1.47. The fraction of sp³-hybridized carbons (Fsp3) is 0.385. The van der Waals surface area contributed by atoms with E-state index in [9.17, 15) is 4.39 Å². The first kappa shape index (κ1) is 12.9. The molecule has 0 N–H and O–H groups in total. The van der Waals surface area contributed by atoms with Crippen molar-refractivity contribution in [2.75, 3.05) is 12.5 Å². The maximum absolute atomic E-state index is 13.5. The lowest BCUT2D eigenvalue weighted by Gasteiger charge is -2.04. The molecule has 0 spiro atoms. The predicted molar refractivity (Wildman–Crippen MR) is 64.4 cm³/mol. The first-order valence-electron chi connectivity index (χ1n) is 5.25. The molecule has 16 heavy (non-hydrogen) atoms. The van der Waals surface area contributed by atoms with Crippen LogP contribution in [0.5, 0.6) is 5.75 Å². The van der Waals surface area contributed by atoms with E-state index in [-0.39, 0.29) is 5.82 Å². The highest BCUT2D eigenvalue weighted by Gasteiger charge is 2.01. The maximum Gasteiger partial charge on any atom is 0.142 e. The molecule has 1 aromatic rings. The topological polar surface area (TPSA) is 9.23 Å². The highest BCUT2D eigenvalue weighted by molar-refractivity contribution is 6.18. The van der Waals surface area contributed by atoms with Gasteiger partial charge in [0.2, 0.25) is 0 Å². The van der Waals surface area contributed by atoms with Gasteiger partial charge >= 0.3 is 0 Å². The van der Waals surface area contributed by atoms with Gasteiger partial charge in [0.25, 0.3) is 0 Å². The van der Waals surface area contributed by atoms with Crippen molar-refractivity contribution in [1.82, 2.24) is 0 Å². The monoisotopic (exact) mass is 240 g/mol. The van der Waals surface area contributed by atoms with Crippen LogP contribution in [0.4, 0.5) is 4.39 Å². The Morgan fingerprint density at radius 2 is 2.25 bits per heavy atom. The fourth-order valence-corrected chi connectivity index (χ4v) is 1.21. The van der Waals surface area contributed by atoms with E-state index in [0.717, 1.165) is 6.42 Å². The largest absolute Gasteiger partial charge is 0.494 e. The second-order valence-electron chi connectivity index (χ2n) is 3.23. The summed E-state index contributed by atoms with van der Waals surface area (Å²) in [5.41, 5.74) is 0.383. The van der Waals surface area contributed by atoms with Crippen molar-refractivity contribution in [2.45, 2.75) is 19.8 Å². The second kappa shape index (κ2) is 7.14. The fourth-order valence-electron chi connectivity index (χ4n) is 1.11. The lowest BCUT2D eigenvalue weighted by molar-refractivity contribution is 0.315. The van der Waals surface area contributed by atoms with Crippen molar-refractivity contribution in [2.24, 2.45) is 0 Å². The SMILES string of the molecule is CCCOc1ccc(C#CCCCl)c(F)c1. The van der Waals surface area contributed by atoms with Gasteiger partial charge in [-0.3, -0.25) is 0 Å². The number of alkyl halides is 1. The van der Waals surface area contributed by atoms with Gasteiger partial charge in [-0.1, -0.05) is 18.8 Å². The molecule has 0 unspecified atom stereocenters. The van der Waals surface area contributed by atoms with Crippen LogP contribution >= 0.6 is 11.6 Å². The molecule has 0 atom stereocenters. The summed E-state index contributed by atoms with van der Waals surface area (Å²) in [7, 11) is 0. The van der Waals surface area contributed by atoms with Crippen LogP contribution in [0.25, 0.3) is 0 Å². The number of halogens is 2. The van der Waals surface area contributed by atoms with Gasteiger partial charge in [-0.05, 0) is 18.6 Å². The molecule has 86 valence electrons. The van der Waals surface area contributed by atoms with Crippen LogP contribution in [0.3, 0.4) is 0 Å². The van der Waals surface area contributed by atoms with E-state index < -0.39 is 0 Å². The molecule has 0 heterocycles. The number of hydrogen-bond acceptors (Lipinski definition) is 1. The maximum atomic E-state index is 13.5. The third-order valence-corrected chi connectivity index (χ3v) is 2.04. The van der Waals surface area contributed by atoms with Crippen molar-refractivity contribution < 1.29 is 9.13 Å². The standard InChI is InChI=1S/C13H14ClFO/c1-2-9-16-12-7-6-11(13(15)10-12)5-3-4-8-14/h6-7,10H,2,4,8-9H2,1H3. The normalized spacial score (nSPS) is 9.44. The van der Waals surface area contributed by atoms with E-state index in [1.165, 1.54) is 6.07 Å². The van der Waals surface area contributed by atoms with Gasteiger partial charge in [0.05, 0.1) is 12.2 Å². The third-order valence-electron chi connectivity index (χ3n) is 1.86. The van der Waals surface area contributed by atoms with E-state index in [4.69, 9.17) is 16.3 Å². The van der Waals surface area contributed by atoms with E-state index in [0.29, 0.717) is 30.2 Å². The number of ether oxygens (including phenoxy) is 1. The van der Waals surface area contributed by atoms with Crippen molar-refractivity contribution in [3.8, 4) is 17.6 Å². The quantitative estimate of drug-likeness (QED) is 0.577. The van der Waals surface area contributed by atoms with Gasteiger partial charge in [0.1, 0.15) is 11.6 Å². The Hall–Kier alpha value is -1.20. The van der Waals surface area contributed by atoms with E-state index in [2.05, 4.69) is 11.8 Å². The minimum Gasteiger partial charge on any atom is -0.494 e. The van der Waals surface area contributed by atoms with Crippen LogP contribution in [0.15, 0.2) is 18.2 Å². The number of rotatable bonds is 4. The average molecular weight is 241 g/mol. The van der Waals surface area contributed by atoms with Crippen LogP contribution in [0, 0.1) is 17.7 Å². The zero-order valence-electron chi connectivity index (χ0n) is 9.22. The number of benzene rings is 1. The Labute approximate surface area is 101 Å². The lowest BCUT2D eigenvalue weighted by atomic mass is 10.2. The summed E-state index contributed by atoms with van der Waals surface area (Å²) in [6.45, 7) is 2.60. The summed E-state index contributed by atoms with van der Waals surface area (Å²) in [5, 5.41) is 0. The molecule has 0 saturated carbocycles. The predicted octanol–water partition coefficient (Wildman–Crippen LogP) is 3.59. The molecule has 0 amide bonds. The van der Waals surface area contributed by atoms with Crippen molar-refractivity contribution >= 4 is 11.6 Å². The summed E-state index contributed by atoms with van der Waals surface area (Å²) in [6, 6.07) is 4.71. The summed E-state index contributed by atoms with van der Waals surface area (Å²) in [4.78, 5) is 0. The van der Waals surface area contributed by atoms with Gasteiger partial charge in [0, 0.05) is 18.4 Å². The zero-order valence-corrected chi connectivity index (χ0v) is 9.98. The Kier molecular flexibility index (Phi) is 5.74.